The molecule has 0 radical (unpaired) electrons. The summed E-state index contributed by atoms with van der Waals surface area (Å²) in [6.07, 6.45) is 0.0273. The van der Waals surface area contributed by atoms with Crippen LogP contribution in [0.4, 0.5) is 14.6 Å². The molecule has 0 amide bonds. The highest BCUT2D eigenvalue weighted by Crippen LogP contribution is 2.23. The molecule has 0 unspecified atom stereocenters. The second-order valence-electron chi connectivity index (χ2n) is 3.15. The molecule has 0 saturated heterocycles. The summed E-state index contributed by atoms with van der Waals surface area (Å²) in [5.41, 5.74) is 6.18. The number of hydrogen-bond acceptors (Lipinski definition) is 4. The molecule has 2 aromatic heterocycles. The summed E-state index contributed by atoms with van der Waals surface area (Å²) < 4.78 is 24.9. The molecule has 2 aromatic rings. The summed E-state index contributed by atoms with van der Waals surface area (Å²) in [6.45, 7) is 0. The second-order valence-corrected chi connectivity index (χ2v) is 3.15. The quantitative estimate of drug-likeness (QED) is 0.844. The Labute approximate surface area is 90.2 Å². The molecule has 6 heteroatoms. The van der Waals surface area contributed by atoms with Gasteiger partial charge in [0, 0.05) is 23.5 Å². The van der Waals surface area contributed by atoms with E-state index in [4.69, 9.17) is 5.73 Å². The van der Waals surface area contributed by atoms with E-state index in [-0.39, 0.29) is 11.4 Å². The van der Waals surface area contributed by atoms with Gasteiger partial charge < -0.3 is 5.73 Å². The van der Waals surface area contributed by atoms with Crippen LogP contribution >= 0.6 is 0 Å². The van der Waals surface area contributed by atoms with Crippen molar-refractivity contribution in [2.45, 2.75) is 6.43 Å². The lowest BCUT2D eigenvalue weighted by Crippen LogP contribution is -1.95. The molecule has 2 rings (SSSR count). The van der Waals surface area contributed by atoms with Crippen LogP contribution in [0.25, 0.3) is 11.3 Å². The fraction of sp³-hybridized carbons (Fsp3) is 0.100. The topological polar surface area (TPSA) is 64.7 Å². The lowest BCUT2D eigenvalue weighted by atomic mass is 10.1. The number of hydrogen-bond donors (Lipinski definition) is 1. The Bertz CT molecular complexity index is 484. The van der Waals surface area contributed by atoms with E-state index in [9.17, 15) is 8.78 Å². The standard InChI is InChI=1S/C10H8F2N4/c11-10(12)7-3-6(4-14-5-7)8-1-2-9(13)16-15-8/h1-5,10H,(H2,13,16). The molecule has 0 aliphatic carbocycles. The van der Waals surface area contributed by atoms with Crippen LogP contribution in [0, 0.1) is 0 Å². The van der Waals surface area contributed by atoms with E-state index in [0.717, 1.165) is 6.20 Å². The number of halogens is 2. The van der Waals surface area contributed by atoms with Gasteiger partial charge in [-0.2, -0.15) is 0 Å². The monoisotopic (exact) mass is 222 g/mol. The van der Waals surface area contributed by atoms with E-state index in [1.165, 1.54) is 12.3 Å². The molecule has 16 heavy (non-hydrogen) atoms. The van der Waals surface area contributed by atoms with Gasteiger partial charge in [0.25, 0.3) is 6.43 Å². The van der Waals surface area contributed by atoms with E-state index >= 15 is 0 Å². The van der Waals surface area contributed by atoms with Crippen molar-refractivity contribution >= 4 is 5.82 Å². The Kier molecular flexibility index (Phi) is 2.72. The molecular formula is C10H8F2N4. The van der Waals surface area contributed by atoms with Crippen LogP contribution in [-0.2, 0) is 0 Å². The van der Waals surface area contributed by atoms with Gasteiger partial charge in [-0.3, -0.25) is 4.98 Å². The summed E-state index contributed by atoms with van der Waals surface area (Å²) in [5, 5.41) is 7.43. The zero-order valence-electron chi connectivity index (χ0n) is 8.14. The van der Waals surface area contributed by atoms with Gasteiger partial charge in [0.1, 0.15) is 5.82 Å². The minimum atomic E-state index is -2.55. The zero-order valence-corrected chi connectivity index (χ0v) is 8.14. The maximum Gasteiger partial charge on any atom is 0.265 e. The van der Waals surface area contributed by atoms with Crippen LogP contribution in [0.5, 0.6) is 0 Å². The normalized spacial score (nSPS) is 10.7. The number of anilines is 1. The van der Waals surface area contributed by atoms with Gasteiger partial charge >= 0.3 is 0 Å². The summed E-state index contributed by atoms with van der Waals surface area (Å²) in [4.78, 5) is 3.73. The molecule has 0 spiro atoms. The molecule has 0 aromatic carbocycles. The van der Waals surface area contributed by atoms with E-state index in [0.29, 0.717) is 11.3 Å². The van der Waals surface area contributed by atoms with Crippen LogP contribution in [0.2, 0.25) is 0 Å². The maximum absolute atomic E-state index is 12.4. The van der Waals surface area contributed by atoms with Gasteiger partial charge in [0.2, 0.25) is 0 Å². The molecule has 2 heterocycles. The molecule has 0 saturated carbocycles. The van der Waals surface area contributed by atoms with Gasteiger partial charge in [0.15, 0.2) is 0 Å². The number of nitrogens with zero attached hydrogens (tertiary/aromatic N) is 3. The lowest BCUT2D eigenvalue weighted by Gasteiger charge is -2.02. The van der Waals surface area contributed by atoms with Gasteiger partial charge in [-0.05, 0) is 18.2 Å². The number of aromatic nitrogens is 3. The second kappa shape index (κ2) is 4.18. The van der Waals surface area contributed by atoms with Gasteiger partial charge in [-0.25, -0.2) is 8.78 Å². The van der Waals surface area contributed by atoms with E-state index in [1.807, 2.05) is 0 Å². The Hall–Kier alpha value is -2.11. The van der Waals surface area contributed by atoms with Gasteiger partial charge in [-0.15, -0.1) is 10.2 Å². The van der Waals surface area contributed by atoms with Gasteiger partial charge in [0.05, 0.1) is 5.69 Å². The van der Waals surface area contributed by atoms with Crippen molar-refractivity contribution in [1.82, 2.24) is 15.2 Å². The van der Waals surface area contributed by atoms with E-state index in [1.54, 1.807) is 12.1 Å². The SMILES string of the molecule is Nc1ccc(-c2cncc(C(F)F)c2)nn1. The predicted octanol–water partition coefficient (Wildman–Crippen LogP) is 2.06. The number of pyridine rings is 1. The molecule has 4 nitrogen and oxygen atoms in total. The van der Waals surface area contributed by atoms with Crippen LogP contribution in [-0.4, -0.2) is 15.2 Å². The molecule has 0 fully saturated rings. The number of alkyl halides is 2. The minimum Gasteiger partial charge on any atom is -0.382 e. The highest BCUT2D eigenvalue weighted by molar-refractivity contribution is 5.58. The van der Waals surface area contributed by atoms with Crippen molar-refractivity contribution in [3.05, 3.63) is 36.2 Å². The molecule has 2 N–H and O–H groups in total. The van der Waals surface area contributed by atoms with Crippen molar-refractivity contribution in [2.75, 3.05) is 5.73 Å². The van der Waals surface area contributed by atoms with E-state index < -0.39 is 6.43 Å². The van der Waals surface area contributed by atoms with E-state index in [2.05, 4.69) is 15.2 Å². The summed E-state index contributed by atoms with van der Waals surface area (Å²) in [7, 11) is 0. The number of nitrogens with two attached hydrogens (primary N) is 1. The fourth-order valence-corrected chi connectivity index (χ4v) is 1.21. The average Bonchev–Trinajstić information content (AvgIpc) is 2.30. The lowest BCUT2D eigenvalue weighted by molar-refractivity contribution is 0.151. The average molecular weight is 222 g/mol. The highest BCUT2D eigenvalue weighted by Gasteiger charge is 2.09. The smallest absolute Gasteiger partial charge is 0.265 e. The Morgan fingerprint density at radius 3 is 2.56 bits per heavy atom. The van der Waals surface area contributed by atoms with Crippen LogP contribution in [0.3, 0.4) is 0 Å². The van der Waals surface area contributed by atoms with Crippen molar-refractivity contribution < 1.29 is 8.78 Å². The molecule has 82 valence electrons. The first-order valence-corrected chi connectivity index (χ1v) is 4.49. The van der Waals surface area contributed by atoms with Crippen LogP contribution in [0.15, 0.2) is 30.6 Å². The summed E-state index contributed by atoms with van der Waals surface area (Å²) in [5.74, 6) is 0.279. The Morgan fingerprint density at radius 2 is 1.94 bits per heavy atom. The Morgan fingerprint density at radius 1 is 1.12 bits per heavy atom. The van der Waals surface area contributed by atoms with Crippen molar-refractivity contribution in [1.29, 1.82) is 0 Å². The molecule has 0 atom stereocenters. The maximum atomic E-state index is 12.4. The molecule has 0 bridgehead atoms. The molecule has 0 aliphatic heterocycles. The third-order valence-corrected chi connectivity index (χ3v) is 1.99. The Balaban J connectivity index is 2.40. The molecular weight excluding hydrogens is 214 g/mol. The zero-order chi connectivity index (χ0) is 11.5. The number of nitrogen functional groups attached to an aromatic ring is 1. The third-order valence-electron chi connectivity index (χ3n) is 1.99. The largest absolute Gasteiger partial charge is 0.382 e. The van der Waals surface area contributed by atoms with Crippen LogP contribution in [0.1, 0.15) is 12.0 Å². The fourth-order valence-electron chi connectivity index (χ4n) is 1.21. The number of rotatable bonds is 2. The first kappa shape index (κ1) is 10.4. The van der Waals surface area contributed by atoms with Crippen molar-refractivity contribution in [3.63, 3.8) is 0 Å². The first-order chi connectivity index (χ1) is 7.66. The van der Waals surface area contributed by atoms with Crippen molar-refractivity contribution in [2.24, 2.45) is 0 Å². The van der Waals surface area contributed by atoms with Crippen molar-refractivity contribution in [3.8, 4) is 11.3 Å². The highest BCUT2D eigenvalue weighted by atomic mass is 19.3. The summed E-state index contributed by atoms with van der Waals surface area (Å²) in [6, 6.07) is 4.49. The molecule has 0 aliphatic rings. The van der Waals surface area contributed by atoms with Crippen LogP contribution < -0.4 is 5.73 Å². The predicted molar refractivity (Wildman–Crippen MR) is 54.6 cm³/mol. The summed E-state index contributed by atoms with van der Waals surface area (Å²) >= 11 is 0. The van der Waals surface area contributed by atoms with Gasteiger partial charge in [-0.1, -0.05) is 0 Å². The first-order valence-electron chi connectivity index (χ1n) is 4.49. The third kappa shape index (κ3) is 2.10. The minimum absolute atomic E-state index is 0.142.